The molecule has 1 unspecified atom stereocenters. The number of methoxy groups -OCH3 is 1. The number of hydrogen-bond donors (Lipinski definition) is 1. The van der Waals surface area contributed by atoms with E-state index in [0.717, 1.165) is 42.7 Å². The Morgan fingerprint density at radius 1 is 1.06 bits per heavy atom. The standard InChI is InChI=1S/C25H39N3O2S.2BrH/c1-3-4-5-6-7-10-15-27-16-13-24(14-17-27)18-26-23-28(19-24)25(29,20-31-23)21-11-8-9-12-22(21)30-2;;/h8-9,11-12,29H,3-7,10,13-20H2,1-2H3;2*1H. The van der Waals surface area contributed by atoms with Crippen molar-refractivity contribution in [1.82, 2.24) is 9.80 Å². The third-order valence-corrected chi connectivity index (χ3v) is 8.56. The van der Waals surface area contributed by atoms with E-state index < -0.39 is 5.72 Å². The third kappa shape index (κ3) is 6.49. The zero-order valence-electron chi connectivity index (χ0n) is 20.1. The number of fused-ring (bicyclic) bond motifs is 1. The van der Waals surface area contributed by atoms with Crippen LogP contribution in [-0.4, -0.2) is 65.7 Å². The van der Waals surface area contributed by atoms with Gasteiger partial charge in [0, 0.05) is 24.1 Å². The highest BCUT2D eigenvalue weighted by atomic mass is 79.9. The molecule has 0 amide bonds. The Morgan fingerprint density at radius 3 is 2.48 bits per heavy atom. The van der Waals surface area contributed by atoms with Crippen LogP contribution in [0.5, 0.6) is 5.75 Å². The van der Waals surface area contributed by atoms with Gasteiger partial charge in [0.25, 0.3) is 0 Å². The van der Waals surface area contributed by atoms with Crippen LogP contribution < -0.4 is 4.74 Å². The number of para-hydroxylation sites is 1. The van der Waals surface area contributed by atoms with E-state index >= 15 is 0 Å². The van der Waals surface area contributed by atoms with Crippen molar-refractivity contribution in [2.24, 2.45) is 10.4 Å². The van der Waals surface area contributed by atoms with Crippen molar-refractivity contribution < 1.29 is 9.84 Å². The van der Waals surface area contributed by atoms with E-state index in [0.29, 0.717) is 5.75 Å². The first-order valence-corrected chi connectivity index (χ1v) is 13.1. The lowest BCUT2D eigenvalue weighted by Crippen LogP contribution is -2.56. The van der Waals surface area contributed by atoms with Crippen LogP contribution in [0.4, 0.5) is 0 Å². The number of amidine groups is 1. The smallest absolute Gasteiger partial charge is 0.179 e. The number of aliphatic hydroxyl groups is 1. The maximum absolute atomic E-state index is 11.8. The summed E-state index contributed by atoms with van der Waals surface area (Å²) in [5.74, 6) is 1.35. The number of piperidine rings is 1. The fourth-order valence-electron chi connectivity index (χ4n) is 5.31. The van der Waals surface area contributed by atoms with Crippen LogP contribution in [0.25, 0.3) is 0 Å². The molecule has 1 atom stereocenters. The van der Waals surface area contributed by atoms with Gasteiger partial charge < -0.3 is 19.6 Å². The van der Waals surface area contributed by atoms with Crippen LogP contribution in [0, 0.1) is 5.41 Å². The van der Waals surface area contributed by atoms with E-state index in [9.17, 15) is 5.11 Å². The molecule has 3 heterocycles. The van der Waals surface area contributed by atoms with E-state index in [1.165, 1.54) is 57.9 Å². The van der Waals surface area contributed by atoms with E-state index in [-0.39, 0.29) is 39.4 Å². The van der Waals surface area contributed by atoms with Gasteiger partial charge in [0.05, 0.1) is 12.9 Å². The number of ether oxygens (including phenoxy) is 1. The minimum absolute atomic E-state index is 0. The van der Waals surface area contributed by atoms with Gasteiger partial charge in [0.15, 0.2) is 10.9 Å². The summed E-state index contributed by atoms with van der Waals surface area (Å²) in [5, 5.41) is 12.8. The van der Waals surface area contributed by atoms with Gasteiger partial charge in [0.2, 0.25) is 0 Å². The van der Waals surface area contributed by atoms with E-state index in [1.54, 1.807) is 18.9 Å². The lowest BCUT2D eigenvalue weighted by molar-refractivity contribution is -0.0765. The fraction of sp³-hybridized carbons (Fsp3) is 0.720. The lowest BCUT2D eigenvalue weighted by Gasteiger charge is -2.48. The normalized spacial score (nSPS) is 24.0. The quantitative estimate of drug-likeness (QED) is 0.357. The van der Waals surface area contributed by atoms with Gasteiger partial charge >= 0.3 is 0 Å². The molecule has 1 N–H and O–H groups in total. The molecule has 3 aliphatic heterocycles. The summed E-state index contributed by atoms with van der Waals surface area (Å²) in [6.07, 6.45) is 10.5. The zero-order chi connectivity index (χ0) is 21.7. The second-order valence-corrected chi connectivity index (χ2v) is 10.5. The molecule has 8 heteroatoms. The number of nitrogens with zero attached hydrogens (tertiary/aromatic N) is 3. The highest BCUT2D eigenvalue weighted by Crippen LogP contribution is 2.48. The Hall–Kier alpha value is -0.280. The molecule has 0 aliphatic carbocycles. The molecular formula is C25H41Br2N3O2S. The van der Waals surface area contributed by atoms with Gasteiger partial charge in [0.1, 0.15) is 5.75 Å². The SMILES string of the molecule is Br.Br.CCCCCCCCN1CCC2(CC1)CN=C1SCC(O)(c3ccccc3OC)N1C2. The number of likely N-dealkylation sites (tertiary alicyclic amines) is 1. The van der Waals surface area contributed by atoms with Crippen LogP contribution in [0.1, 0.15) is 63.9 Å². The Balaban J connectivity index is 0.00000193. The molecule has 2 saturated heterocycles. The van der Waals surface area contributed by atoms with E-state index in [2.05, 4.69) is 16.7 Å². The third-order valence-electron chi connectivity index (χ3n) is 7.41. The van der Waals surface area contributed by atoms with Gasteiger partial charge in [-0.1, -0.05) is 69.0 Å². The number of unbranched alkanes of at least 4 members (excludes halogenated alkanes) is 5. The topological polar surface area (TPSA) is 48.3 Å². The summed E-state index contributed by atoms with van der Waals surface area (Å²) in [4.78, 5) is 9.78. The lowest BCUT2D eigenvalue weighted by atomic mass is 9.76. The average molecular weight is 607 g/mol. The van der Waals surface area contributed by atoms with Crippen molar-refractivity contribution in [3.8, 4) is 5.75 Å². The van der Waals surface area contributed by atoms with Crippen molar-refractivity contribution in [2.45, 2.75) is 64.0 Å². The molecule has 188 valence electrons. The number of aliphatic imine (C=N–C) groups is 1. The van der Waals surface area contributed by atoms with Crippen molar-refractivity contribution in [2.75, 3.05) is 45.6 Å². The second kappa shape index (κ2) is 13.1. The van der Waals surface area contributed by atoms with Crippen molar-refractivity contribution >= 4 is 50.9 Å². The first kappa shape index (κ1) is 29.0. The maximum atomic E-state index is 11.8. The molecule has 4 rings (SSSR count). The molecule has 0 bridgehead atoms. The van der Waals surface area contributed by atoms with E-state index in [4.69, 9.17) is 9.73 Å². The molecule has 1 aromatic rings. The predicted octanol–water partition coefficient (Wildman–Crippen LogP) is 5.86. The molecule has 3 aliphatic rings. The van der Waals surface area contributed by atoms with Gasteiger partial charge in [-0.2, -0.15) is 0 Å². The summed E-state index contributed by atoms with van der Waals surface area (Å²) in [6.45, 7) is 7.62. The number of halogens is 2. The molecule has 0 radical (unpaired) electrons. The highest BCUT2D eigenvalue weighted by Gasteiger charge is 2.52. The van der Waals surface area contributed by atoms with Crippen molar-refractivity contribution in [3.63, 3.8) is 0 Å². The Kier molecular flexibility index (Phi) is 11.5. The van der Waals surface area contributed by atoms with Gasteiger partial charge in [-0.05, 0) is 45.0 Å². The van der Waals surface area contributed by atoms with E-state index in [1.807, 2.05) is 24.3 Å². The summed E-state index contributed by atoms with van der Waals surface area (Å²) < 4.78 is 5.58. The Bertz CT molecular complexity index is 774. The zero-order valence-corrected chi connectivity index (χ0v) is 24.4. The molecular weight excluding hydrogens is 566 g/mol. The number of thioether (sulfide) groups is 1. The fourth-order valence-corrected chi connectivity index (χ4v) is 6.48. The summed E-state index contributed by atoms with van der Waals surface area (Å²) in [7, 11) is 1.68. The van der Waals surface area contributed by atoms with Crippen LogP contribution >= 0.6 is 45.7 Å². The van der Waals surface area contributed by atoms with Gasteiger partial charge in [-0.25, -0.2) is 0 Å². The number of rotatable bonds is 9. The Morgan fingerprint density at radius 2 is 1.76 bits per heavy atom. The molecule has 5 nitrogen and oxygen atoms in total. The summed E-state index contributed by atoms with van der Waals surface area (Å²) in [5.41, 5.74) is -0.00555. The maximum Gasteiger partial charge on any atom is 0.179 e. The summed E-state index contributed by atoms with van der Waals surface area (Å²) in [6, 6.07) is 7.87. The largest absolute Gasteiger partial charge is 0.496 e. The minimum Gasteiger partial charge on any atom is -0.496 e. The van der Waals surface area contributed by atoms with Crippen LogP contribution in [0.3, 0.4) is 0 Å². The molecule has 2 fully saturated rings. The molecule has 0 saturated carbocycles. The molecule has 33 heavy (non-hydrogen) atoms. The van der Waals surface area contributed by atoms with Crippen LogP contribution in [-0.2, 0) is 5.72 Å². The monoisotopic (exact) mass is 605 g/mol. The first-order valence-electron chi connectivity index (χ1n) is 12.1. The van der Waals surface area contributed by atoms with Gasteiger partial charge in [-0.3, -0.25) is 4.99 Å². The van der Waals surface area contributed by atoms with Gasteiger partial charge in [-0.15, -0.1) is 34.0 Å². The van der Waals surface area contributed by atoms with Crippen LogP contribution in [0.2, 0.25) is 0 Å². The predicted molar refractivity (Wildman–Crippen MR) is 150 cm³/mol. The summed E-state index contributed by atoms with van der Waals surface area (Å²) >= 11 is 1.67. The number of hydrogen-bond acceptors (Lipinski definition) is 6. The first-order chi connectivity index (χ1) is 15.1. The Labute approximate surface area is 225 Å². The average Bonchev–Trinajstić information content (AvgIpc) is 3.14. The van der Waals surface area contributed by atoms with Crippen molar-refractivity contribution in [1.29, 1.82) is 0 Å². The number of benzene rings is 1. The molecule has 1 spiro atoms. The second-order valence-electron chi connectivity index (χ2n) is 9.60. The molecule has 0 aromatic heterocycles. The van der Waals surface area contributed by atoms with Crippen molar-refractivity contribution in [3.05, 3.63) is 29.8 Å². The minimum atomic E-state index is -1.04. The van der Waals surface area contributed by atoms with Crippen LogP contribution in [0.15, 0.2) is 29.3 Å². The highest BCUT2D eigenvalue weighted by molar-refractivity contribution is 8.93. The molecule has 1 aromatic carbocycles.